The molecule has 1 amide bonds. The lowest BCUT2D eigenvalue weighted by Gasteiger charge is -2.32. The van der Waals surface area contributed by atoms with Crippen LogP contribution >= 0.6 is 0 Å². The van der Waals surface area contributed by atoms with Crippen LogP contribution in [0.5, 0.6) is 5.75 Å². The number of carbonyl (C=O) groups is 1. The third-order valence-corrected chi connectivity index (χ3v) is 4.30. The molecular weight excluding hydrogens is 297 g/mol. The highest BCUT2D eigenvalue weighted by atomic mass is 19.1. The van der Waals surface area contributed by atoms with Gasteiger partial charge in [-0.2, -0.15) is 5.10 Å². The number of halogens is 1. The van der Waals surface area contributed by atoms with Crippen molar-refractivity contribution in [2.45, 2.75) is 18.8 Å². The van der Waals surface area contributed by atoms with Crippen LogP contribution in [-0.4, -0.2) is 40.8 Å². The molecule has 0 aliphatic carbocycles. The molecule has 1 fully saturated rings. The number of amides is 1. The number of nitrogens with zero attached hydrogens (tertiary/aromatic N) is 3. The minimum absolute atomic E-state index is 0.185. The first kappa shape index (κ1) is 15.5. The highest BCUT2D eigenvalue weighted by molar-refractivity contribution is 5.97. The minimum atomic E-state index is -0.435. The highest BCUT2D eigenvalue weighted by Gasteiger charge is 2.27. The van der Waals surface area contributed by atoms with Gasteiger partial charge in [-0.15, -0.1) is 0 Å². The second-order valence-corrected chi connectivity index (χ2v) is 5.88. The fourth-order valence-electron chi connectivity index (χ4n) is 3.10. The zero-order valence-electron chi connectivity index (χ0n) is 13.3. The predicted molar refractivity (Wildman–Crippen MR) is 84.0 cm³/mol. The Hall–Kier alpha value is -2.37. The Kier molecular flexibility index (Phi) is 4.32. The highest BCUT2D eigenvalue weighted by Crippen LogP contribution is 2.29. The molecule has 2 heterocycles. The summed E-state index contributed by atoms with van der Waals surface area (Å²) in [6.07, 6.45) is 5.78. The number of hydrogen-bond donors (Lipinski definition) is 0. The van der Waals surface area contributed by atoms with E-state index >= 15 is 0 Å². The fourth-order valence-corrected chi connectivity index (χ4v) is 3.10. The van der Waals surface area contributed by atoms with Gasteiger partial charge in [0.1, 0.15) is 11.6 Å². The number of likely N-dealkylation sites (tertiary alicyclic amines) is 1. The summed E-state index contributed by atoms with van der Waals surface area (Å²) in [5.41, 5.74) is 1.41. The molecule has 23 heavy (non-hydrogen) atoms. The largest absolute Gasteiger partial charge is 0.496 e. The predicted octanol–water partition coefficient (Wildman–Crippen LogP) is 2.59. The second kappa shape index (κ2) is 6.40. The lowest BCUT2D eigenvalue weighted by molar-refractivity contribution is 0.0703. The van der Waals surface area contributed by atoms with Gasteiger partial charge < -0.3 is 9.64 Å². The van der Waals surface area contributed by atoms with Crippen molar-refractivity contribution in [2.24, 2.45) is 7.05 Å². The molecule has 1 saturated heterocycles. The van der Waals surface area contributed by atoms with Crippen molar-refractivity contribution in [1.82, 2.24) is 14.7 Å². The van der Waals surface area contributed by atoms with Gasteiger partial charge in [-0.25, -0.2) is 4.39 Å². The van der Waals surface area contributed by atoms with Crippen LogP contribution in [0.1, 0.15) is 34.7 Å². The van der Waals surface area contributed by atoms with E-state index in [-0.39, 0.29) is 17.4 Å². The third-order valence-electron chi connectivity index (χ3n) is 4.30. The van der Waals surface area contributed by atoms with Crippen molar-refractivity contribution in [3.05, 3.63) is 47.5 Å². The van der Waals surface area contributed by atoms with Gasteiger partial charge in [0, 0.05) is 32.3 Å². The second-order valence-electron chi connectivity index (χ2n) is 5.88. The number of hydrogen-bond acceptors (Lipinski definition) is 3. The lowest BCUT2D eigenvalue weighted by Crippen LogP contribution is -2.39. The van der Waals surface area contributed by atoms with Crippen LogP contribution in [0.2, 0.25) is 0 Å². The topological polar surface area (TPSA) is 47.4 Å². The van der Waals surface area contributed by atoms with E-state index in [1.807, 2.05) is 19.4 Å². The lowest BCUT2D eigenvalue weighted by atomic mass is 9.92. The van der Waals surface area contributed by atoms with Crippen LogP contribution in [0.4, 0.5) is 4.39 Å². The Morgan fingerprint density at radius 1 is 1.43 bits per heavy atom. The van der Waals surface area contributed by atoms with E-state index < -0.39 is 5.82 Å². The van der Waals surface area contributed by atoms with Crippen LogP contribution in [-0.2, 0) is 7.05 Å². The molecule has 1 atom stereocenters. The van der Waals surface area contributed by atoms with Crippen LogP contribution < -0.4 is 4.74 Å². The molecule has 6 heteroatoms. The average Bonchev–Trinajstić information content (AvgIpc) is 3.01. The first-order valence-corrected chi connectivity index (χ1v) is 7.70. The summed E-state index contributed by atoms with van der Waals surface area (Å²) in [6.45, 7) is 1.29. The Labute approximate surface area is 134 Å². The van der Waals surface area contributed by atoms with E-state index in [1.54, 1.807) is 9.58 Å². The SMILES string of the molecule is COc1ccc(F)cc1C(=O)N1CCC[C@H](c2cnn(C)c2)C1. The van der Waals surface area contributed by atoms with Crippen molar-refractivity contribution in [2.75, 3.05) is 20.2 Å². The maximum atomic E-state index is 13.5. The van der Waals surface area contributed by atoms with Gasteiger partial charge in [0.25, 0.3) is 5.91 Å². The van der Waals surface area contributed by atoms with Gasteiger partial charge in [-0.05, 0) is 36.6 Å². The van der Waals surface area contributed by atoms with E-state index in [9.17, 15) is 9.18 Å². The quantitative estimate of drug-likeness (QED) is 0.874. The number of carbonyl (C=O) groups excluding carboxylic acids is 1. The van der Waals surface area contributed by atoms with Gasteiger partial charge in [0.05, 0.1) is 18.9 Å². The Morgan fingerprint density at radius 2 is 2.26 bits per heavy atom. The molecule has 2 aromatic rings. The standard InChI is InChI=1S/C17H20FN3O2/c1-20-10-13(9-19-20)12-4-3-7-21(11-12)17(22)15-8-14(18)5-6-16(15)23-2/h5-6,8-10,12H,3-4,7,11H2,1-2H3/t12-/m0/s1. The molecule has 0 N–H and O–H groups in total. The number of aromatic nitrogens is 2. The molecule has 0 saturated carbocycles. The number of methoxy groups -OCH3 is 1. The van der Waals surface area contributed by atoms with Gasteiger partial charge in [0.2, 0.25) is 0 Å². The summed E-state index contributed by atoms with van der Waals surface area (Å²) >= 11 is 0. The molecule has 0 radical (unpaired) electrons. The van der Waals surface area contributed by atoms with Crippen molar-refractivity contribution in [3.8, 4) is 5.75 Å². The zero-order chi connectivity index (χ0) is 16.4. The van der Waals surface area contributed by atoms with E-state index in [0.29, 0.717) is 18.8 Å². The fraction of sp³-hybridized carbons (Fsp3) is 0.412. The van der Waals surface area contributed by atoms with E-state index in [2.05, 4.69) is 5.10 Å². The number of rotatable bonds is 3. The molecule has 122 valence electrons. The molecular formula is C17H20FN3O2. The Bertz CT molecular complexity index is 714. The van der Waals surface area contributed by atoms with Crippen molar-refractivity contribution >= 4 is 5.91 Å². The van der Waals surface area contributed by atoms with Crippen molar-refractivity contribution in [1.29, 1.82) is 0 Å². The maximum absolute atomic E-state index is 13.5. The summed E-state index contributed by atoms with van der Waals surface area (Å²) in [7, 11) is 3.37. The molecule has 0 bridgehead atoms. The van der Waals surface area contributed by atoms with Crippen molar-refractivity contribution in [3.63, 3.8) is 0 Å². The smallest absolute Gasteiger partial charge is 0.257 e. The zero-order valence-corrected chi connectivity index (χ0v) is 13.3. The number of ether oxygens (including phenoxy) is 1. The van der Waals surface area contributed by atoms with E-state index in [4.69, 9.17) is 4.74 Å². The molecule has 3 rings (SSSR count). The maximum Gasteiger partial charge on any atom is 0.257 e. The van der Waals surface area contributed by atoms with Gasteiger partial charge in [-0.1, -0.05) is 0 Å². The first-order valence-electron chi connectivity index (χ1n) is 7.70. The van der Waals surface area contributed by atoms with Crippen LogP contribution in [0.25, 0.3) is 0 Å². The molecule has 0 spiro atoms. The average molecular weight is 317 g/mol. The Balaban J connectivity index is 1.81. The van der Waals surface area contributed by atoms with Crippen molar-refractivity contribution < 1.29 is 13.9 Å². The molecule has 5 nitrogen and oxygen atoms in total. The van der Waals surface area contributed by atoms with E-state index in [0.717, 1.165) is 18.4 Å². The van der Waals surface area contributed by atoms with Gasteiger partial charge in [0.15, 0.2) is 0 Å². The van der Waals surface area contributed by atoms with Crippen LogP contribution in [0, 0.1) is 5.82 Å². The number of benzene rings is 1. The molecule has 1 aromatic heterocycles. The molecule has 1 aliphatic heterocycles. The summed E-state index contributed by atoms with van der Waals surface area (Å²) < 4.78 is 20.5. The molecule has 0 unspecified atom stereocenters. The number of aryl methyl sites for hydroxylation is 1. The first-order chi connectivity index (χ1) is 11.1. The Morgan fingerprint density at radius 3 is 2.96 bits per heavy atom. The molecule has 1 aromatic carbocycles. The van der Waals surface area contributed by atoms with E-state index in [1.165, 1.54) is 25.3 Å². The van der Waals surface area contributed by atoms with Gasteiger partial charge in [-0.3, -0.25) is 9.48 Å². The number of piperidine rings is 1. The minimum Gasteiger partial charge on any atom is -0.496 e. The summed E-state index contributed by atoms with van der Waals surface area (Å²) in [6, 6.07) is 4.03. The summed E-state index contributed by atoms with van der Waals surface area (Å²) in [4.78, 5) is 14.5. The normalized spacial score (nSPS) is 18.0. The monoisotopic (exact) mass is 317 g/mol. The van der Waals surface area contributed by atoms with Crippen LogP contribution in [0.15, 0.2) is 30.6 Å². The van der Waals surface area contributed by atoms with Gasteiger partial charge >= 0.3 is 0 Å². The molecule has 1 aliphatic rings. The summed E-state index contributed by atoms with van der Waals surface area (Å²) in [5, 5.41) is 4.20. The van der Waals surface area contributed by atoms with Crippen LogP contribution in [0.3, 0.4) is 0 Å². The summed E-state index contributed by atoms with van der Waals surface area (Å²) in [5.74, 6) is 0.0470. The third kappa shape index (κ3) is 3.21.